The second-order valence-corrected chi connectivity index (χ2v) is 8.32. The zero-order chi connectivity index (χ0) is 17.3. The molecule has 1 unspecified atom stereocenters. The predicted molar refractivity (Wildman–Crippen MR) is 94.7 cm³/mol. The molecule has 0 amide bonds. The lowest BCUT2D eigenvalue weighted by atomic mass is 9.84. The van der Waals surface area contributed by atoms with E-state index >= 15 is 0 Å². The van der Waals surface area contributed by atoms with Crippen LogP contribution in [0.4, 0.5) is 0 Å². The Bertz CT molecular complexity index is 847. The number of aliphatic hydroxyl groups excluding tert-OH is 1. The molecule has 0 spiro atoms. The van der Waals surface area contributed by atoms with Crippen LogP contribution in [0.1, 0.15) is 28.7 Å². The van der Waals surface area contributed by atoms with E-state index in [1.807, 2.05) is 19.1 Å². The molecule has 6 heteroatoms. The summed E-state index contributed by atoms with van der Waals surface area (Å²) in [6, 6.07) is 10.0. The predicted octanol–water partition coefficient (Wildman–Crippen LogP) is 2.98. The summed E-state index contributed by atoms with van der Waals surface area (Å²) in [6.07, 6.45) is 2.12. The molecular formula is C18H20ClNO3S. The zero-order valence-corrected chi connectivity index (χ0v) is 15.0. The summed E-state index contributed by atoms with van der Waals surface area (Å²) in [7, 11) is -3.56. The minimum Gasteiger partial charge on any atom is -0.392 e. The van der Waals surface area contributed by atoms with E-state index in [9.17, 15) is 13.5 Å². The fourth-order valence-corrected chi connectivity index (χ4v) is 4.67. The molecule has 24 heavy (non-hydrogen) atoms. The van der Waals surface area contributed by atoms with Gasteiger partial charge in [0.05, 0.1) is 11.5 Å². The highest BCUT2D eigenvalue weighted by atomic mass is 35.5. The van der Waals surface area contributed by atoms with Crippen molar-refractivity contribution in [1.29, 1.82) is 0 Å². The number of fused-ring (bicyclic) bond motifs is 1. The lowest BCUT2D eigenvalue weighted by Gasteiger charge is -2.27. The zero-order valence-electron chi connectivity index (χ0n) is 13.4. The maximum atomic E-state index is 12.5. The van der Waals surface area contributed by atoms with Crippen molar-refractivity contribution in [3.63, 3.8) is 0 Å². The summed E-state index contributed by atoms with van der Waals surface area (Å²) >= 11 is 5.82. The van der Waals surface area contributed by atoms with E-state index in [0.29, 0.717) is 11.4 Å². The number of hydrogen-bond donors (Lipinski definition) is 2. The van der Waals surface area contributed by atoms with E-state index in [2.05, 4.69) is 4.72 Å². The monoisotopic (exact) mass is 365 g/mol. The van der Waals surface area contributed by atoms with E-state index < -0.39 is 10.0 Å². The Kier molecular flexibility index (Phi) is 4.97. The van der Waals surface area contributed by atoms with Gasteiger partial charge >= 0.3 is 0 Å². The third-order valence-corrected chi connectivity index (χ3v) is 6.36. The summed E-state index contributed by atoms with van der Waals surface area (Å²) < 4.78 is 27.8. The first-order chi connectivity index (χ1) is 11.4. The number of sulfonamides is 1. The highest BCUT2D eigenvalue weighted by Gasteiger charge is 2.25. The van der Waals surface area contributed by atoms with Crippen LogP contribution < -0.4 is 4.72 Å². The molecule has 2 N–H and O–H groups in total. The SMILES string of the molecule is Cc1ccc2c(c1CO)CCC(NS(=O)(=O)c1ccc(Cl)cc1)C2. The maximum absolute atomic E-state index is 12.5. The van der Waals surface area contributed by atoms with Gasteiger partial charge < -0.3 is 5.11 Å². The van der Waals surface area contributed by atoms with Gasteiger partial charge in [0.1, 0.15) is 0 Å². The molecule has 2 aromatic carbocycles. The molecule has 0 bridgehead atoms. The smallest absolute Gasteiger partial charge is 0.240 e. The van der Waals surface area contributed by atoms with Crippen molar-refractivity contribution in [3.8, 4) is 0 Å². The Morgan fingerprint density at radius 3 is 2.58 bits per heavy atom. The number of rotatable bonds is 4. The maximum Gasteiger partial charge on any atom is 0.240 e. The largest absolute Gasteiger partial charge is 0.392 e. The summed E-state index contributed by atoms with van der Waals surface area (Å²) in [5.74, 6) is 0. The first-order valence-corrected chi connectivity index (χ1v) is 9.76. The number of benzene rings is 2. The van der Waals surface area contributed by atoms with Crippen molar-refractivity contribution in [2.24, 2.45) is 0 Å². The molecule has 1 atom stereocenters. The van der Waals surface area contributed by atoms with Crippen LogP contribution in [-0.4, -0.2) is 19.6 Å². The first kappa shape index (κ1) is 17.4. The van der Waals surface area contributed by atoms with Gasteiger partial charge in [0.2, 0.25) is 10.0 Å². The van der Waals surface area contributed by atoms with E-state index in [1.54, 1.807) is 12.1 Å². The average molecular weight is 366 g/mol. The van der Waals surface area contributed by atoms with Crippen molar-refractivity contribution in [2.45, 2.75) is 43.7 Å². The van der Waals surface area contributed by atoms with Crippen LogP contribution in [0, 0.1) is 6.92 Å². The Balaban J connectivity index is 1.80. The Morgan fingerprint density at radius 1 is 1.21 bits per heavy atom. The van der Waals surface area contributed by atoms with Crippen LogP contribution in [0.25, 0.3) is 0 Å². The van der Waals surface area contributed by atoms with Gasteiger partial charge in [0.25, 0.3) is 0 Å². The second-order valence-electron chi connectivity index (χ2n) is 6.17. The lowest BCUT2D eigenvalue weighted by Crippen LogP contribution is -2.39. The van der Waals surface area contributed by atoms with Crippen LogP contribution in [0.3, 0.4) is 0 Å². The Hall–Kier alpha value is -1.40. The van der Waals surface area contributed by atoms with Crippen molar-refractivity contribution in [2.75, 3.05) is 0 Å². The van der Waals surface area contributed by atoms with Gasteiger partial charge in [0.15, 0.2) is 0 Å². The average Bonchev–Trinajstić information content (AvgIpc) is 2.55. The lowest BCUT2D eigenvalue weighted by molar-refractivity contribution is 0.279. The second kappa shape index (κ2) is 6.84. The van der Waals surface area contributed by atoms with E-state index in [1.165, 1.54) is 17.7 Å². The fraction of sp³-hybridized carbons (Fsp3) is 0.333. The van der Waals surface area contributed by atoms with Crippen molar-refractivity contribution in [1.82, 2.24) is 4.72 Å². The number of hydrogen-bond acceptors (Lipinski definition) is 3. The Morgan fingerprint density at radius 2 is 1.92 bits per heavy atom. The number of aliphatic hydroxyl groups is 1. The van der Waals surface area contributed by atoms with Crippen LogP contribution in [0.2, 0.25) is 5.02 Å². The molecule has 1 aliphatic carbocycles. The quantitative estimate of drug-likeness (QED) is 0.875. The summed E-state index contributed by atoms with van der Waals surface area (Å²) in [4.78, 5) is 0.220. The number of nitrogens with one attached hydrogen (secondary N) is 1. The van der Waals surface area contributed by atoms with Gasteiger partial charge in [-0.2, -0.15) is 0 Å². The van der Waals surface area contributed by atoms with E-state index in [-0.39, 0.29) is 17.5 Å². The van der Waals surface area contributed by atoms with Gasteiger partial charge in [-0.05, 0) is 72.7 Å². The normalized spacial score (nSPS) is 17.5. The van der Waals surface area contributed by atoms with E-state index in [4.69, 9.17) is 11.6 Å². The molecule has 3 rings (SSSR count). The van der Waals surface area contributed by atoms with Crippen LogP contribution in [0.5, 0.6) is 0 Å². The molecule has 0 saturated heterocycles. The highest BCUT2D eigenvalue weighted by Crippen LogP contribution is 2.28. The van der Waals surface area contributed by atoms with Crippen LogP contribution >= 0.6 is 11.6 Å². The molecule has 2 aromatic rings. The van der Waals surface area contributed by atoms with Crippen molar-refractivity contribution >= 4 is 21.6 Å². The number of halogens is 1. The molecule has 128 valence electrons. The van der Waals surface area contributed by atoms with Crippen LogP contribution in [-0.2, 0) is 29.5 Å². The highest BCUT2D eigenvalue weighted by molar-refractivity contribution is 7.89. The van der Waals surface area contributed by atoms with Gasteiger partial charge in [0, 0.05) is 11.1 Å². The summed E-state index contributed by atoms with van der Waals surface area (Å²) in [5, 5.41) is 10.1. The standard InChI is InChI=1S/C18H20ClNO3S/c1-12-2-3-13-10-15(6-9-17(13)18(12)11-21)20-24(22,23)16-7-4-14(19)5-8-16/h2-5,7-8,15,20-21H,6,9-11H2,1H3. The van der Waals surface area contributed by atoms with Gasteiger partial charge in [-0.3, -0.25) is 0 Å². The molecular weight excluding hydrogens is 346 g/mol. The van der Waals surface area contributed by atoms with E-state index in [0.717, 1.165) is 29.5 Å². The van der Waals surface area contributed by atoms with Gasteiger partial charge in [-0.1, -0.05) is 23.7 Å². The van der Waals surface area contributed by atoms with Crippen molar-refractivity contribution < 1.29 is 13.5 Å². The molecule has 1 aliphatic rings. The summed E-state index contributed by atoms with van der Waals surface area (Å²) in [5.41, 5.74) is 4.34. The molecule has 0 aliphatic heterocycles. The third-order valence-electron chi connectivity index (χ3n) is 4.58. The molecule has 0 radical (unpaired) electrons. The first-order valence-electron chi connectivity index (χ1n) is 7.89. The third kappa shape index (κ3) is 3.49. The minimum atomic E-state index is -3.56. The number of aryl methyl sites for hydroxylation is 1. The van der Waals surface area contributed by atoms with Crippen LogP contribution in [0.15, 0.2) is 41.3 Å². The Labute approximate surface area is 147 Å². The molecule has 0 saturated carbocycles. The molecule has 0 heterocycles. The minimum absolute atomic E-state index is 0.0240. The molecule has 0 aromatic heterocycles. The fourth-order valence-electron chi connectivity index (χ4n) is 3.27. The molecule has 0 fully saturated rings. The molecule has 4 nitrogen and oxygen atoms in total. The topological polar surface area (TPSA) is 66.4 Å². The van der Waals surface area contributed by atoms with Crippen molar-refractivity contribution in [3.05, 3.63) is 63.7 Å². The van der Waals surface area contributed by atoms with Gasteiger partial charge in [-0.25, -0.2) is 13.1 Å². The van der Waals surface area contributed by atoms with Gasteiger partial charge in [-0.15, -0.1) is 0 Å². The summed E-state index contributed by atoms with van der Waals surface area (Å²) in [6.45, 7) is 2.01.